The van der Waals surface area contributed by atoms with Crippen LogP contribution in [0.5, 0.6) is 0 Å². The lowest BCUT2D eigenvalue weighted by molar-refractivity contribution is 0.103. The quantitative estimate of drug-likeness (QED) is 0.702. The summed E-state index contributed by atoms with van der Waals surface area (Å²) in [5.74, 6) is -0.0908. The van der Waals surface area contributed by atoms with E-state index in [1.807, 2.05) is 12.1 Å². The van der Waals surface area contributed by atoms with E-state index in [0.29, 0.717) is 11.1 Å². The minimum Gasteiger partial charge on any atom is -0.296 e. The van der Waals surface area contributed by atoms with Crippen LogP contribution in [0.1, 0.15) is 21.5 Å². The SMILES string of the molecule is O=C(c1cccc(Br)c1)c1cccc(Cn2ccc(=O)[nH]c2=O)c1. The van der Waals surface area contributed by atoms with Gasteiger partial charge in [-0.2, -0.15) is 0 Å². The third kappa shape index (κ3) is 3.60. The van der Waals surface area contributed by atoms with Gasteiger partial charge in [-0.25, -0.2) is 4.79 Å². The zero-order valence-electron chi connectivity index (χ0n) is 12.5. The van der Waals surface area contributed by atoms with Crippen molar-refractivity contribution in [2.24, 2.45) is 0 Å². The van der Waals surface area contributed by atoms with Crippen LogP contribution >= 0.6 is 15.9 Å². The summed E-state index contributed by atoms with van der Waals surface area (Å²) < 4.78 is 2.22. The fourth-order valence-corrected chi connectivity index (χ4v) is 2.77. The lowest BCUT2D eigenvalue weighted by atomic mass is 10.0. The number of nitrogens with zero attached hydrogens (tertiary/aromatic N) is 1. The van der Waals surface area contributed by atoms with Crippen LogP contribution in [0.25, 0.3) is 0 Å². The number of halogens is 1. The molecule has 3 aromatic rings. The van der Waals surface area contributed by atoms with Crippen LogP contribution < -0.4 is 11.2 Å². The molecule has 1 aromatic heterocycles. The molecule has 0 fully saturated rings. The molecule has 3 rings (SSSR count). The lowest BCUT2D eigenvalue weighted by Gasteiger charge is -2.07. The number of H-pyrrole nitrogens is 1. The molecular formula is C18H13BrN2O3. The van der Waals surface area contributed by atoms with Crippen molar-refractivity contribution >= 4 is 21.7 Å². The van der Waals surface area contributed by atoms with Crippen LogP contribution in [0.2, 0.25) is 0 Å². The van der Waals surface area contributed by atoms with E-state index in [1.54, 1.807) is 36.4 Å². The van der Waals surface area contributed by atoms with Crippen LogP contribution in [-0.2, 0) is 6.54 Å². The molecule has 0 atom stereocenters. The molecule has 24 heavy (non-hydrogen) atoms. The van der Waals surface area contributed by atoms with Gasteiger partial charge in [0.25, 0.3) is 5.56 Å². The van der Waals surface area contributed by atoms with Crippen molar-refractivity contribution in [3.63, 3.8) is 0 Å². The molecule has 6 heteroatoms. The summed E-state index contributed by atoms with van der Waals surface area (Å²) in [7, 11) is 0. The number of benzene rings is 2. The van der Waals surface area contributed by atoms with Gasteiger partial charge in [0, 0.05) is 27.9 Å². The minimum atomic E-state index is -0.480. The first-order valence-electron chi connectivity index (χ1n) is 7.22. The largest absolute Gasteiger partial charge is 0.328 e. The molecule has 2 aromatic carbocycles. The van der Waals surface area contributed by atoms with E-state index in [2.05, 4.69) is 20.9 Å². The summed E-state index contributed by atoms with van der Waals surface area (Å²) in [6.45, 7) is 0.273. The second kappa shape index (κ2) is 6.80. The smallest absolute Gasteiger partial charge is 0.296 e. The first-order chi connectivity index (χ1) is 11.5. The van der Waals surface area contributed by atoms with Gasteiger partial charge >= 0.3 is 5.69 Å². The summed E-state index contributed by atoms with van der Waals surface area (Å²) in [4.78, 5) is 37.6. The molecule has 0 saturated carbocycles. The van der Waals surface area contributed by atoms with Gasteiger partial charge in [-0.3, -0.25) is 19.1 Å². The Kier molecular flexibility index (Phi) is 4.57. The Hall–Kier alpha value is -2.73. The van der Waals surface area contributed by atoms with Crippen LogP contribution in [0.3, 0.4) is 0 Å². The molecule has 0 amide bonds. The second-order valence-electron chi connectivity index (χ2n) is 5.28. The molecular weight excluding hydrogens is 372 g/mol. The maximum absolute atomic E-state index is 12.6. The number of aromatic nitrogens is 2. The Balaban J connectivity index is 1.90. The van der Waals surface area contributed by atoms with Crippen molar-refractivity contribution in [2.45, 2.75) is 6.54 Å². The molecule has 5 nitrogen and oxygen atoms in total. The van der Waals surface area contributed by atoms with Gasteiger partial charge in [-0.1, -0.05) is 46.3 Å². The fourth-order valence-electron chi connectivity index (χ4n) is 2.37. The summed E-state index contributed by atoms with van der Waals surface area (Å²) >= 11 is 3.36. The number of carbonyl (C=O) groups excluding carboxylic acids is 1. The highest BCUT2D eigenvalue weighted by Gasteiger charge is 2.10. The average Bonchev–Trinajstić information content (AvgIpc) is 2.57. The first kappa shape index (κ1) is 16.1. The number of rotatable bonds is 4. The van der Waals surface area contributed by atoms with E-state index in [9.17, 15) is 14.4 Å². The van der Waals surface area contributed by atoms with Gasteiger partial charge in [0.05, 0.1) is 6.54 Å². The molecule has 0 spiro atoms. The van der Waals surface area contributed by atoms with Gasteiger partial charge in [-0.15, -0.1) is 0 Å². The predicted molar refractivity (Wildman–Crippen MR) is 94.4 cm³/mol. The highest BCUT2D eigenvalue weighted by Crippen LogP contribution is 2.16. The minimum absolute atomic E-state index is 0.0908. The summed E-state index contributed by atoms with van der Waals surface area (Å²) in [6, 6.07) is 15.6. The molecule has 0 radical (unpaired) electrons. The standard InChI is InChI=1S/C18H13BrN2O3/c19-15-6-2-5-14(10-15)17(23)13-4-1-3-12(9-13)11-21-8-7-16(22)20-18(21)24/h1-10H,11H2,(H,20,22,24). The maximum Gasteiger partial charge on any atom is 0.328 e. The first-order valence-corrected chi connectivity index (χ1v) is 8.01. The Morgan fingerprint density at radius 3 is 2.42 bits per heavy atom. The van der Waals surface area contributed by atoms with Gasteiger partial charge in [0.1, 0.15) is 0 Å². The normalized spacial score (nSPS) is 10.5. The van der Waals surface area contributed by atoms with E-state index in [1.165, 1.54) is 16.8 Å². The van der Waals surface area contributed by atoms with Crippen LogP contribution in [-0.4, -0.2) is 15.3 Å². The Labute approximate surface area is 145 Å². The van der Waals surface area contributed by atoms with E-state index in [-0.39, 0.29) is 12.3 Å². The third-order valence-corrected chi connectivity index (χ3v) is 4.02. The number of hydrogen-bond donors (Lipinski definition) is 1. The van der Waals surface area contributed by atoms with Crippen molar-refractivity contribution < 1.29 is 4.79 Å². The Morgan fingerprint density at radius 2 is 1.71 bits per heavy atom. The third-order valence-electron chi connectivity index (χ3n) is 3.53. The molecule has 1 heterocycles. The zero-order valence-corrected chi connectivity index (χ0v) is 14.1. The molecule has 0 aliphatic rings. The van der Waals surface area contributed by atoms with Gasteiger partial charge in [-0.05, 0) is 23.8 Å². The second-order valence-corrected chi connectivity index (χ2v) is 6.19. The van der Waals surface area contributed by atoms with E-state index in [0.717, 1.165) is 10.0 Å². The molecule has 0 saturated heterocycles. The van der Waals surface area contributed by atoms with Crippen molar-refractivity contribution in [1.29, 1.82) is 0 Å². The molecule has 120 valence electrons. The van der Waals surface area contributed by atoms with Crippen LogP contribution in [0, 0.1) is 0 Å². The lowest BCUT2D eigenvalue weighted by Crippen LogP contribution is -2.28. The molecule has 0 bridgehead atoms. The summed E-state index contributed by atoms with van der Waals surface area (Å²) in [6.07, 6.45) is 1.43. The number of ketones is 1. The van der Waals surface area contributed by atoms with E-state index in [4.69, 9.17) is 0 Å². The zero-order chi connectivity index (χ0) is 17.1. The molecule has 1 N–H and O–H groups in total. The van der Waals surface area contributed by atoms with Crippen molar-refractivity contribution in [2.75, 3.05) is 0 Å². The Morgan fingerprint density at radius 1 is 1.00 bits per heavy atom. The Bertz CT molecular complexity index is 1020. The van der Waals surface area contributed by atoms with E-state index >= 15 is 0 Å². The molecule has 0 aliphatic carbocycles. The monoisotopic (exact) mass is 384 g/mol. The van der Waals surface area contributed by atoms with Crippen LogP contribution in [0.4, 0.5) is 0 Å². The fraction of sp³-hybridized carbons (Fsp3) is 0.0556. The van der Waals surface area contributed by atoms with Crippen molar-refractivity contribution in [3.05, 3.63) is 103 Å². The highest BCUT2D eigenvalue weighted by atomic mass is 79.9. The summed E-state index contributed by atoms with van der Waals surface area (Å²) in [5, 5.41) is 0. The molecule has 0 aliphatic heterocycles. The van der Waals surface area contributed by atoms with E-state index < -0.39 is 11.2 Å². The average molecular weight is 385 g/mol. The number of aromatic amines is 1. The van der Waals surface area contributed by atoms with Crippen LogP contribution in [0.15, 0.2) is 74.9 Å². The molecule has 0 unspecified atom stereocenters. The summed E-state index contributed by atoms with van der Waals surface area (Å²) in [5.41, 5.74) is 1.01. The topological polar surface area (TPSA) is 71.9 Å². The maximum atomic E-state index is 12.6. The van der Waals surface area contributed by atoms with Gasteiger partial charge in [0.2, 0.25) is 0 Å². The van der Waals surface area contributed by atoms with Gasteiger partial charge in [0.15, 0.2) is 5.78 Å². The highest BCUT2D eigenvalue weighted by molar-refractivity contribution is 9.10. The number of carbonyl (C=O) groups is 1. The number of hydrogen-bond acceptors (Lipinski definition) is 3. The van der Waals surface area contributed by atoms with Gasteiger partial charge < -0.3 is 0 Å². The van der Waals surface area contributed by atoms with Crippen molar-refractivity contribution in [3.8, 4) is 0 Å². The number of nitrogens with one attached hydrogen (secondary N) is 1. The predicted octanol–water partition coefficient (Wildman–Crippen LogP) is 2.58. The van der Waals surface area contributed by atoms with Crippen molar-refractivity contribution in [1.82, 2.24) is 9.55 Å².